The van der Waals surface area contributed by atoms with Gasteiger partial charge in [0.1, 0.15) is 11.6 Å². The van der Waals surface area contributed by atoms with Gasteiger partial charge in [-0.05, 0) is 55.9 Å². The van der Waals surface area contributed by atoms with Gasteiger partial charge in [-0.2, -0.15) is 4.98 Å². The van der Waals surface area contributed by atoms with E-state index in [2.05, 4.69) is 14.9 Å². The average Bonchev–Trinajstić information content (AvgIpc) is 2.95. The van der Waals surface area contributed by atoms with Crippen LogP contribution >= 0.6 is 0 Å². The van der Waals surface area contributed by atoms with Crippen molar-refractivity contribution in [2.45, 2.75) is 32.2 Å². The van der Waals surface area contributed by atoms with Crippen molar-refractivity contribution in [3.63, 3.8) is 0 Å². The Morgan fingerprint density at radius 2 is 1.76 bits per heavy atom. The molecule has 0 spiro atoms. The second-order valence-electron chi connectivity index (χ2n) is 9.83. The number of aromatic amines is 1. The molecule has 1 aromatic carbocycles. The fourth-order valence-electron chi connectivity index (χ4n) is 5.48. The lowest BCUT2D eigenvalue weighted by atomic mass is 9.81. The Balaban J connectivity index is 1.17. The fourth-order valence-corrected chi connectivity index (χ4v) is 5.48. The molecule has 10 nitrogen and oxygen atoms in total. The van der Waals surface area contributed by atoms with Gasteiger partial charge in [-0.3, -0.25) is 14.2 Å². The zero-order chi connectivity index (χ0) is 25.9. The van der Waals surface area contributed by atoms with Gasteiger partial charge in [-0.25, -0.2) is 4.79 Å². The van der Waals surface area contributed by atoms with Gasteiger partial charge in [0.05, 0.1) is 25.1 Å². The Morgan fingerprint density at radius 1 is 1.00 bits per heavy atom. The van der Waals surface area contributed by atoms with E-state index in [-0.39, 0.29) is 23.3 Å². The Morgan fingerprint density at radius 3 is 2.46 bits per heavy atom. The van der Waals surface area contributed by atoms with Crippen molar-refractivity contribution < 1.29 is 14.3 Å². The monoisotopic (exact) mass is 507 g/mol. The lowest BCUT2D eigenvalue weighted by Gasteiger charge is -2.38. The highest BCUT2D eigenvalue weighted by molar-refractivity contribution is 5.79. The topological polar surface area (TPSA) is 110 Å². The number of ether oxygens (including phenoxy) is 2. The highest BCUT2D eigenvalue weighted by Crippen LogP contribution is 2.31. The third kappa shape index (κ3) is 5.19. The van der Waals surface area contributed by atoms with Crippen LogP contribution in [0, 0.1) is 11.8 Å². The highest BCUT2D eigenvalue weighted by atomic mass is 16.5. The van der Waals surface area contributed by atoms with Gasteiger partial charge in [0.25, 0.3) is 5.56 Å². The van der Waals surface area contributed by atoms with Gasteiger partial charge >= 0.3 is 5.69 Å². The molecule has 3 aromatic rings. The van der Waals surface area contributed by atoms with Crippen LogP contribution in [0.5, 0.6) is 11.6 Å². The number of amides is 1. The minimum absolute atomic E-state index is 0.00591. The van der Waals surface area contributed by atoms with Gasteiger partial charge < -0.3 is 24.3 Å². The number of anilines is 1. The van der Waals surface area contributed by atoms with E-state index in [4.69, 9.17) is 9.47 Å². The lowest BCUT2D eigenvalue weighted by molar-refractivity contribution is -0.137. The molecule has 1 N–H and O–H groups in total. The van der Waals surface area contributed by atoms with E-state index in [1.807, 2.05) is 23.1 Å². The van der Waals surface area contributed by atoms with E-state index in [0.717, 1.165) is 44.6 Å². The maximum Gasteiger partial charge on any atom is 0.328 e. The van der Waals surface area contributed by atoms with Crippen molar-refractivity contribution in [3.05, 3.63) is 57.2 Å². The van der Waals surface area contributed by atoms with Gasteiger partial charge in [0, 0.05) is 44.7 Å². The van der Waals surface area contributed by atoms with Gasteiger partial charge in [0.2, 0.25) is 11.8 Å². The molecule has 1 aliphatic heterocycles. The van der Waals surface area contributed by atoms with Crippen LogP contribution in [0.3, 0.4) is 0 Å². The van der Waals surface area contributed by atoms with E-state index in [1.165, 1.54) is 4.57 Å². The zero-order valence-corrected chi connectivity index (χ0v) is 21.3. The molecule has 1 aliphatic carbocycles. The number of benzene rings is 1. The fraction of sp³-hybridized carbons (Fsp3) is 0.481. The molecular formula is C27H33N5O5. The first-order chi connectivity index (χ1) is 18.0. The maximum atomic E-state index is 13.2. The summed E-state index contributed by atoms with van der Waals surface area (Å²) in [5, 5.41) is 0.436. The molecule has 1 amide bonds. The molecular weight excluding hydrogens is 474 g/mol. The largest absolute Gasteiger partial charge is 0.497 e. The summed E-state index contributed by atoms with van der Waals surface area (Å²) >= 11 is 0. The second-order valence-corrected chi connectivity index (χ2v) is 9.83. The van der Waals surface area contributed by atoms with Crippen molar-refractivity contribution in [2.24, 2.45) is 11.8 Å². The molecule has 3 heterocycles. The molecule has 0 bridgehead atoms. The summed E-state index contributed by atoms with van der Waals surface area (Å²) in [6.07, 6.45) is 3.17. The van der Waals surface area contributed by atoms with Crippen LogP contribution in [0.1, 0.15) is 25.7 Å². The molecule has 2 aliphatic rings. The minimum atomic E-state index is -0.399. The van der Waals surface area contributed by atoms with Crippen molar-refractivity contribution in [2.75, 3.05) is 45.3 Å². The molecule has 2 fully saturated rings. The highest BCUT2D eigenvalue weighted by Gasteiger charge is 2.32. The van der Waals surface area contributed by atoms with Gasteiger partial charge in [0.15, 0.2) is 0 Å². The Hall–Kier alpha value is -3.82. The Kier molecular flexibility index (Phi) is 7.16. The first kappa shape index (κ1) is 24.9. The molecule has 37 heavy (non-hydrogen) atoms. The smallest absolute Gasteiger partial charge is 0.328 e. The number of H-pyrrole nitrogens is 1. The molecule has 0 atom stereocenters. The number of nitrogens with one attached hydrogen (secondary N) is 1. The Labute approximate surface area is 214 Å². The summed E-state index contributed by atoms with van der Waals surface area (Å²) in [5.41, 5.74) is -0.202. The van der Waals surface area contributed by atoms with E-state index in [0.29, 0.717) is 42.2 Å². The number of carbonyl (C=O) groups is 1. The molecule has 5 rings (SSSR count). The number of fused-ring (bicyclic) bond motifs is 1. The predicted molar refractivity (Wildman–Crippen MR) is 140 cm³/mol. The molecule has 10 heteroatoms. The SMILES string of the molecule is COc1ccc2[nH]c(=O)n(CC3CCC(C(=O)N4CCN(c5cccc(OC)n5)CC4)CC3)c(=O)c2c1. The first-order valence-electron chi connectivity index (χ1n) is 12.8. The van der Waals surface area contributed by atoms with Crippen molar-refractivity contribution in [1.29, 1.82) is 0 Å². The summed E-state index contributed by atoms with van der Waals surface area (Å²) < 4.78 is 11.8. The average molecular weight is 508 g/mol. The number of hydrogen-bond donors (Lipinski definition) is 1. The van der Waals surface area contributed by atoms with Crippen LogP contribution in [-0.4, -0.2) is 65.7 Å². The summed E-state index contributed by atoms with van der Waals surface area (Å²) in [5.74, 6) is 2.41. The molecule has 1 saturated heterocycles. The van der Waals surface area contributed by atoms with Gasteiger partial charge in [-0.15, -0.1) is 0 Å². The molecule has 2 aromatic heterocycles. The summed E-state index contributed by atoms with van der Waals surface area (Å²) in [7, 11) is 3.15. The van der Waals surface area contributed by atoms with E-state index in [1.54, 1.807) is 32.4 Å². The summed E-state index contributed by atoms with van der Waals surface area (Å²) in [4.78, 5) is 50.4. The maximum absolute atomic E-state index is 13.2. The van der Waals surface area contributed by atoms with Crippen LogP contribution in [-0.2, 0) is 11.3 Å². The van der Waals surface area contributed by atoms with Crippen LogP contribution in [0.2, 0.25) is 0 Å². The van der Waals surface area contributed by atoms with Crippen molar-refractivity contribution in [1.82, 2.24) is 19.4 Å². The third-order valence-electron chi connectivity index (χ3n) is 7.66. The van der Waals surface area contributed by atoms with E-state index in [9.17, 15) is 14.4 Å². The summed E-state index contributed by atoms with van der Waals surface area (Å²) in [6, 6.07) is 10.8. The Bertz CT molecular complexity index is 1380. The number of hydrogen-bond acceptors (Lipinski definition) is 7. The minimum Gasteiger partial charge on any atom is -0.497 e. The number of aromatic nitrogens is 3. The van der Waals surface area contributed by atoms with Crippen LogP contribution in [0.15, 0.2) is 46.0 Å². The number of nitrogens with zero attached hydrogens (tertiary/aromatic N) is 4. The second kappa shape index (κ2) is 10.7. The van der Waals surface area contributed by atoms with Crippen LogP contribution < -0.4 is 25.6 Å². The lowest BCUT2D eigenvalue weighted by Crippen LogP contribution is -2.51. The number of rotatable bonds is 6. The third-order valence-corrected chi connectivity index (χ3v) is 7.66. The first-order valence-corrected chi connectivity index (χ1v) is 12.8. The van der Waals surface area contributed by atoms with Crippen molar-refractivity contribution >= 4 is 22.6 Å². The van der Waals surface area contributed by atoms with Crippen LogP contribution in [0.4, 0.5) is 5.82 Å². The van der Waals surface area contributed by atoms with Gasteiger partial charge in [-0.1, -0.05) is 6.07 Å². The van der Waals surface area contributed by atoms with E-state index < -0.39 is 5.69 Å². The molecule has 0 radical (unpaired) electrons. The number of methoxy groups -OCH3 is 2. The number of piperazine rings is 1. The predicted octanol–water partition coefficient (Wildman–Crippen LogP) is 2.26. The molecule has 196 valence electrons. The normalized spacial score (nSPS) is 20.2. The van der Waals surface area contributed by atoms with Crippen LogP contribution in [0.25, 0.3) is 10.9 Å². The standard InChI is InChI=1S/C27H33N5O5/c1-36-20-10-11-22-21(16-20)26(34)32(27(35)28-22)17-18-6-8-19(9-7-18)25(33)31-14-12-30(13-15-31)23-4-3-5-24(29-23)37-2/h3-5,10-11,16,18-19H,6-9,12-15,17H2,1-2H3,(H,28,35). The van der Waals surface area contributed by atoms with Crippen molar-refractivity contribution in [3.8, 4) is 11.6 Å². The quantitative estimate of drug-likeness (QED) is 0.545. The molecule has 0 unspecified atom stereocenters. The summed E-state index contributed by atoms with van der Waals surface area (Å²) in [6.45, 7) is 3.17. The number of carbonyl (C=O) groups excluding carboxylic acids is 1. The zero-order valence-electron chi connectivity index (χ0n) is 21.3. The number of pyridine rings is 1. The molecule has 1 saturated carbocycles. The van der Waals surface area contributed by atoms with E-state index >= 15 is 0 Å².